The van der Waals surface area contributed by atoms with Crippen LogP contribution in [0.25, 0.3) is 0 Å². The largest absolute Gasteiger partial charge is 0.434 e. The molecule has 1 aromatic heterocycles. The zero-order chi connectivity index (χ0) is 15.0. The van der Waals surface area contributed by atoms with Crippen LogP contribution >= 0.6 is 39.1 Å². The van der Waals surface area contributed by atoms with Crippen molar-refractivity contribution < 1.29 is 4.74 Å². The van der Waals surface area contributed by atoms with Crippen molar-refractivity contribution in [2.24, 2.45) is 0 Å². The van der Waals surface area contributed by atoms with E-state index in [1.165, 1.54) is 0 Å². The van der Waals surface area contributed by atoms with Gasteiger partial charge in [-0.25, -0.2) is 0 Å². The van der Waals surface area contributed by atoms with Crippen LogP contribution in [0, 0.1) is 0 Å². The van der Waals surface area contributed by atoms with Crippen LogP contribution in [0.2, 0.25) is 10.2 Å². The SMILES string of the molecule is Nc1cc(Cl)c(Oc2nnc(Cl)c3c2CCCC3)c(Br)c1. The minimum atomic E-state index is 0.420. The molecular formula is C14H12BrCl2N3O. The number of hydrogen-bond donors (Lipinski definition) is 1. The molecule has 0 radical (unpaired) electrons. The van der Waals surface area contributed by atoms with Gasteiger partial charge in [-0.2, -0.15) is 0 Å². The van der Waals surface area contributed by atoms with Crippen LogP contribution < -0.4 is 10.5 Å². The lowest BCUT2D eigenvalue weighted by Gasteiger charge is -2.19. The highest BCUT2D eigenvalue weighted by Crippen LogP contribution is 2.40. The minimum absolute atomic E-state index is 0.420. The lowest BCUT2D eigenvalue weighted by atomic mass is 9.94. The van der Waals surface area contributed by atoms with Crippen LogP contribution in [-0.2, 0) is 12.8 Å². The maximum Gasteiger partial charge on any atom is 0.242 e. The van der Waals surface area contributed by atoms with E-state index in [1.54, 1.807) is 12.1 Å². The molecule has 0 aliphatic heterocycles. The van der Waals surface area contributed by atoms with Gasteiger partial charge >= 0.3 is 0 Å². The first-order chi connectivity index (χ1) is 10.1. The fourth-order valence-electron chi connectivity index (χ4n) is 2.43. The van der Waals surface area contributed by atoms with Crippen LogP contribution in [0.15, 0.2) is 16.6 Å². The van der Waals surface area contributed by atoms with Crippen LogP contribution in [0.3, 0.4) is 0 Å². The molecule has 0 bridgehead atoms. The zero-order valence-corrected chi connectivity index (χ0v) is 14.1. The number of nitrogen functional groups attached to an aromatic ring is 1. The van der Waals surface area contributed by atoms with Gasteiger partial charge in [0.2, 0.25) is 5.88 Å². The van der Waals surface area contributed by atoms with Crippen molar-refractivity contribution in [2.75, 3.05) is 5.73 Å². The second-order valence-electron chi connectivity index (χ2n) is 4.88. The summed E-state index contributed by atoms with van der Waals surface area (Å²) in [6.45, 7) is 0. The molecule has 0 fully saturated rings. The summed E-state index contributed by atoms with van der Waals surface area (Å²) in [4.78, 5) is 0. The summed E-state index contributed by atoms with van der Waals surface area (Å²) in [5.41, 5.74) is 8.33. The van der Waals surface area contributed by atoms with E-state index in [0.717, 1.165) is 36.8 Å². The number of fused-ring (bicyclic) bond motifs is 1. The van der Waals surface area contributed by atoms with Crippen molar-refractivity contribution in [3.8, 4) is 11.6 Å². The molecule has 0 saturated carbocycles. The Balaban J connectivity index is 2.03. The number of aromatic nitrogens is 2. The van der Waals surface area contributed by atoms with Crippen molar-refractivity contribution in [3.05, 3.63) is 37.9 Å². The van der Waals surface area contributed by atoms with E-state index in [9.17, 15) is 0 Å². The first kappa shape index (κ1) is 14.9. The van der Waals surface area contributed by atoms with E-state index in [1.807, 2.05) is 0 Å². The van der Waals surface area contributed by atoms with Crippen LogP contribution in [-0.4, -0.2) is 10.2 Å². The molecule has 7 heteroatoms. The van der Waals surface area contributed by atoms with Crippen LogP contribution in [0.4, 0.5) is 5.69 Å². The van der Waals surface area contributed by atoms with Gasteiger partial charge in [0.05, 0.1) is 9.50 Å². The molecule has 0 saturated heterocycles. The van der Waals surface area contributed by atoms with Crippen molar-refractivity contribution in [2.45, 2.75) is 25.7 Å². The molecule has 4 nitrogen and oxygen atoms in total. The average molecular weight is 389 g/mol. The third-order valence-electron chi connectivity index (χ3n) is 3.42. The predicted octanol–water partition coefficient (Wildman–Crippen LogP) is 4.80. The summed E-state index contributed by atoms with van der Waals surface area (Å²) in [5.74, 6) is 0.941. The molecule has 0 amide bonds. The molecule has 1 aliphatic carbocycles. The summed E-state index contributed by atoms with van der Waals surface area (Å²) in [6.07, 6.45) is 3.97. The number of halogens is 3. The topological polar surface area (TPSA) is 61.0 Å². The fraction of sp³-hybridized carbons (Fsp3) is 0.286. The Labute approximate surface area is 140 Å². The number of ether oxygens (including phenoxy) is 1. The van der Waals surface area contributed by atoms with Crippen LogP contribution in [0.5, 0.6) is 11.6 Å². The molecule has 2 aromatic rings. The van der Waals surface area contributed by atoms with Gasteiger partial charge in [0, 0.05) is 11.3 Å². The van der Waals surface area contributed by atoms with E-state index in [-0.39, 0.29) is 0 Å². The fourth-order valence-corrected chi connectivity index (χ4v) is 3.62. The average Bonchev–Trinajstić information content (AvgIpc) is 2.45. The molecular weight excluding hydrogens is 377 g/mol. The maximum absolute atomic E-state index is 6.19. The number of nitrogens with zero attached hydrogens (tertiary/aromatic N) is 2. The van der Waals surface area contributed by atoms with Gasteiger partial charge in [-0.15, -0.1) is 10.2 Å². The Kier molecular flexibility index (Phi) is 4.24. The minimum Gasteiger partial charge on any atom is -0.434 e. The molecule has 1 aliphatic rings. The van der Waals surface area contributed by atoms with E-state index in [4.69, 9.17) is 33.7 Å². The monoisotopic (exact) mass is 387 g/mol. The van der Waals surface area contributed by atoms with Crippen molar-refractivity contribution in [1.29, 1.82) is 0 Å². The number of benzene rings is 1. The Morgan fingerprint density at radius 3 is 2.52 bits per heavy atom. The smallest absolute Gasteiger partial charge is 0.242 e. The van der Waals surface area contributed by atoms with Gasteiger partial charge in [0.1, 0.15) is 0 Å². The second-order valence-corrected chi connectivity index (χ2v) is 6.50. The highest BCUT2D eigenvalue weighted by atomic mass is 79.9. The molecule has 21 heavy (non-hydrogen) atoms. The van der Waals surface area contributed by atoms with Gasteiger partial charge in [-0.3, -0.25) is 0 Å². The molecule has 0 unspecified atom stereocenters. The summed E-state index contributed by atoms with van der Waals surface area (Å²) in [5, 5.41) is 8.93. The maximum atomic E-state index is 6.19. The van der Waals surface area contributed by atoms with Crippen LogP contribution in [0.1, 0.15) is 24.0 Å². The van der Waals surface area contributed by atoms with Gasteiger partial charge < -0.3 is 10.5 Å². The Morgan fingerprint density at radius 2 is 1.81 bits per heavy atom. The molecule has 3 rings (SSSR count). The lowest BCUT2D eigenvalue weighted by Crippen LogP contribution is -2.09. The van der Waals surface area contributed by atoms with Gasteiger partial charge in [-0.05, 0) is 59.3 Å². The number of hydrogen-bond acceptors (Lipinski definition) is 4. The molecule has 0 atom stereocenters. The summed E-state index contributed by atoms with van der Waals surface area (Å²) >= 11 is 15.7. The normalized spacial score (nSPS) is 13.9. The molecule has 2 N–H and O–H groups in total. The van der Waals surface area contributed by atoms with Crippen molar-refractivity contribution in [1.82, 2.24) is 10.2 Å². The highest BCUT2D eigenvalue weighted by Gasteiger charge is 2.21. The molecule has 110 valence electrons. The molecule has 1 aromatic carbocycles. The van der Waals surface area contributed by atoms with Gasteiger partial charge in [-0.1, -0.05) is 23.2 Å². The molecule has 1 heterocycles. The van der Waals surface area contributed by atoms with Gasteiger partial charge in [0.15, 0.2) is 10.9 Å². The Bertz CT molecular complexity index is 686. The van der Waals surface area contributed by atoms with Gasteiger partial charge in [0.25, 0.3) is 0 Å². The lowest BCUT2D eigenvalue weighted by molar-refractivity contribution is 0.439. The van der Waals surface area contributed by atoms with E-state index >= 15 is 0 Å². The first-order valence-electron chi connectivity index (χ1n) is 6.52. The summed E-state index contributed by atoms with van der Waals surface area (Å²) in [7, 11) is 0. The molecule has 0 spiro atoms. The van der Waals surface area contributed by atoms with E-state index in [2.05, 4.69) is 26.1 Å². The third-order valence-corrected chi connectivity index (χ3v) is 4.60. The first-order valence-corrected chi connectivity index (χ1v) is 8.07. The summed E-state index contributed by atoms with van der Waals surface area (Å²) < 4.78 is 6.56. The Hall–Kier alpha value is -1.04. The highest BCUT2D eigenvalue weighted by molar-refractivity contribution is 9.10. The predicted molar refractivity (Wildman–Crippen MR) is 87.3 cm³/mol. The summed E-state index contributed by atoms with van der Waals surface area (Å²) in [6, 6.07) is 3.37. The number of rotatable bonds is 2. The second kappa shape index (κ2) is 5.99. The number of anilines is 1. The number of nitrogens with two attached hydrogens (primary N) is 1. The van der Waals surface area contributed by atoms with Crippen molar-refractivity contribution >= 4 is 44.8 Å². The van der Waals surface area contributed by atoms with E-state index in [0.29, 0.717) is 32.0 Å². The zero-order valence-electron chi connectivity index (χ0n) is 11.0. The van der Waals surface area contributed by atoms with E-state index < -0.39 is 0 Å². The van der Waals surface area contributed by atoms with Crippen molar-refractivity contribution in [3.63, 3.8) is 0 Å². The Morgan fingerprint density at radius 1 is 1.10 bits per heavy atom. The third kappa shape index (κ3) is 2.96. The quantitative estimate of drug-likeness (QED) is 0.750. The standard InChI is InChI=1S/C14H12BrCl2N3O/c15-10-5-7(18)6-11(16)12(10)21-14-9-4-2-1-3-8(9)13(17)19-20-14/h5-6H,1-4,18H2.